The average Bonchev–Trinajstić information content (AvgIpc) is 3.66. The van der Waals surface area contributed by atoms with E-state index in [1.807, 2.05) is 127 Å². The van der Waals surface area contributed by atoms with Gasteiger partial charge in [-0.3, -0.25) is 0 Å². The van der Waals surface area contributed by atoms with Crippen molar-refractivity contribution in [3.63, 3.8) is 0 Å². The van der Waals surface area contributed by atoms with Crippen LogP contribution in [-0.2, 0) is 5.41 Å². The summed E-state index contributed by atoms with van der Waals surface area (Å²) in [5, 5.41) is 0. The van der Waals surface area contributed by atoms with Crippen LogP contribution in [0.4, 0.5) is 4.39 Å². The molecule has 0 saturated heterocycles. The first-order valence-corrected chi connectivity index (χ1v) is 22.9. The average molecular weight is 843 g/mol. The van der Waals surface area contributed by atoms with E-state index in [0.717, 1.165) is 39.7 Å². The van der Waals surface area contributed by atoms with Gasteiger partial charge in [0.15, 0.2) is 34.9 Å². The van der Waals surface area contributed by atoms with Crippen LogP contribution < -0.4 is 0 Å². The standard InChI is InChI=1S/C58H43FN6/c59-51-34-45(41-25-26-50-46(32-41)44-23-13-14-24-49(44)58(50)42-28-35-27-36(30-42)31-43(58)29-35)47(56-62-52(37-15-5-1-6-16-37)60-53(63-56)38-17-7-2-8-18-38)33-48(51)57-64-54(39-19-9-3-10-20-39)61-55(65-57)40-21-11-4-12-22-40/h1-26,32-36,42-43H,27-31H2. The van der Waals surface area contributed by atoms with Gasteiger partial charge in [-0.2, -0.15) is 0 Å². The molecule has 14 rings (SSSR count). The van der Waals surface area contributed by atoms with E-state index in [9.17, 15) is 0 Å². The van der Waals surface area contributed by atoms with Crippen LogP contribution in [-0.4, -0.2) is 29.9 Å². The first-order valence-electron chi connectivity index (χ1n) is 22.9. The molecule has 5 aliphatic rings. The van der Waals surface area contributed by atoms with Crippen molar-refractivity contribution in [1.29, 1.82) is 0 Å². The van der Waals surface area contributed by atoms with Crippen LogP contribution in [0.5, 0.6) is 0 Å². The molecule has 0 atom stereocenters. The zero-order valence-electron chi connectivity index (χ0n) is 35.6. The highest BCUT2D eigenvalue weighted by atomic mass is 19.1. The Kier molecular flexibility index (Phi) is 8.80. The third-order valence-electron chi connectivity index (χ3n) is 14.9. The Balaban J connectivity index is 1.05. The smallest absolute Gasteiger partial charge is 0.167 e. The Morgan fingerprint density at radius 1 is 0.323 bits per heavy atom. The first kappa shape index (κ1) is 38.0. The van der Waals surface area contributed by atoms with Crippen LogP contribution in [0.2, 0.25) is 0 Å². The lowest BCUT2D eigenvalue weighted by atomic mass is 9.43. The van der Waals surface area contributed by atoms with E-state index in [-0.39, 0.29) is 16.8 Å². The minimum absolute atomic E-state index is 0.0187. The third-order valence-corrected chi connectivity index (χ3v) is 14.9. The van der Waals surface area contributed by atoms with Crippen LogP contribution in [0.1, 0.15) is 43.2 Å². The number of nitrogens with zero attached hydrogens (tertiary/aromatic N) is 6. The van der Waals surface area contributed by atoms with Gasteiger partial charge in [0, 0.05) is 33.2 Å². The number of hydrogen-bond acceptors (Lipinski definition) is 6. The fourth-order valence-corrected chi connectivity index (χ4v) is 12.4. The van der Waals surface area contributed by atoms with Gasteiger partial charge < -0.3 is 0 Å². The number of halogens is 1. The van der Waals surface area contributed by atoms with Crippen molar-refractivity contribution in [2.24, 2.45) is 23.7 Å². The molecule has 0 unspecified atom stereocenters. The molecule has 312 valence electrons. The molecule has 7 heteroatoms. The van der Waals surface area contributed by atoms with Crippen molar-refractivity contribution in [3.8, 4) is 90.6 Å². The fraction of sp³-hybridized carbons (Fsp3) is 0.172. The van der Waals surface area contributed by atoms with Gasteiger partial charge in [-0.25, -0.2) is 34.3 Å². The molecule has 9 aromatic rings. The molecule has 0 amide bonds. The Bertz CT molecular complexity index is 3140. The molecular weight excluding hydrogens is 800 g/mol. The minimum atomic E-state index is -0.452. The molecule has 0 aliphatic heterocycles. The van der Waals surface area contributed by atoms with E-state index in [2.05, 4.69) is 42.5 Å². The van der Waals surface area contributed by atoms with Gasteiger partial charge >= 0.3 is 0 Å². The lowest BCUT2D eigenvalue weighted by Crippen LogP contribution is -2.55. The zero-order valence-corrected chi connectivity index (χ0v) is 35.6. The van der Waals surface area contributed by atoms with Crippen LogP contribution in [0.15, 0.2) is 176 Å². The second-order valence-electron chi connectivity index (χ2n) is 18.4. The highest BCUT2D eigenvalue weighted by Crippen LogP contribution is 2.69. The largest absolute Gasteiger partial charge is 0.208 e. The van der Waals surface area contributed by atoms with E-state index in [0.29, 0.717) is 52.1 Å². The number of fused-ring (bicyclic) bond motifs is 3. The van der Waals surface area contributed by atoms with Gasteiger partial charge in [0.1, 0.15) is 5.82 Å². The van der Waals surface area contributed by atoms with Gasteiger partial charge in [-0.1, -0.05) is 158 Å². The lowest BCUT2D eigenvalue weighted by molar-refractivity contribution is -0.0399. The van der Waals surface area contributed by atoms with Crippen molar-refractivity contribution in [1.82, 2.24) is 29.9 Å². The first-order chi connectivity index (χ1) is 32.1. The second-order valence-corrected chi connectivity index (χ2v) is 18.4. The predicted octanol–water partition coefficient (Wildman–Crippen LogP) is 13.6. The van der Waals surface area contributed by atoms with E-state index < -0.39 is 5.82 Å². The molecule has 0 N–H and O–H groups in total. The molecule has 2 heterocycles. The van der Waals surface area contributed by atoms with Crippen LogP contribution in [0.3, 0.4) is 0 Å². The quantitative estimate of drug-likeness (QED) is 0.159. The summed E-state index contributed by atoms with van der Waals surface area (Å²) in [4.78, 5) is 30.3. The number of hydrogen-bond donors (Lipinski definition) is 0. The summed E-state index contributed by atoms with van der Waals surface area (Å²) >= 11 is 0. The Hall–Kier alpha value is -7.51. The summed E-state index contributed by atoms with van der Waals surface area (Å²) in [6.45, 7) is 0. The van der Waals surface area contributed by atoms with Gasteiger partial charge in [0.2, 0.25) is 0 Å². The van der Waals surface area contributed by atoms with Gasteiger partial charge in [0.05, 0.1) is 5.56 Å². The molecule has 6 nitrogen and oxygen atoms in total. The Labute approximate surface area is 377 Å². The monoisotopic (exact) mass is 842 g/mol. The topological polar surface area (TPSA) is 77.3 Å². The number of aromatic nitrogens is 6. The molecule has 0 radical (unpaired) electrons. The molecular formula is C58H43FN6. The minimum Gasteiger partial charge on any atom is -0.208 e. The molecule has 1 spiro atoms. The van der Waals surface area contributed by atoms with Crippen LogP contribution in [0, 0.1) is 29.5 Å². The SMILES string of the molecule is Fc1cc(-c2ccc3c(c2)-c2ccccc2C32C3CC4CC(C3)CC2C4)c(-c2nc(-c3ccccc3)nc(-c3ccccc3)n2)cc1-c1nc(-c2ccccc2)nc(-c2ccccc2)n1. The van der Waals surface area contributed by atoms with E-state index in [1.165, 1.54) is 54.4 Å². The van der Waals surface area contributed by atoms with Crippen molar-refractivity contribution in [2.45, 2.75) is 37.5 Å². The summed E-state index contributed by atoms with van der Waals surface area (Å²) in [6.07, 6.45) is 6.63. The summed E-state index contributed by atoms with van der Waals surface area (Å²) in [5.41, 5.74) is 11.3. The number of benzene rings is 7. The second kappa shape index (κ2) is 15.1. The van der Waals surface area contributed by atoms with E-state index in [4.69, 9.17) is 29.9 Å². The molecule has 7 aromatic carbocycles. The number of rotatable bonds is 7. The molecule has 5 aliphatic carbocycles. The van der Waals surface area contributed by atoms with Crippen molar-refractivity contribution >= 4 is 0 Å². The fourth-order valence-electron chi connectivity index (χ4n) is 12.4. The van der Waals surface area contributed by atoms with Gasteiger partial charge in [0.25, 0.3) is 0 Å². The highest BCUT2D eigenvalue weighted by molar-refractivity contribution is 5.90. The summed E-state index contributed by atoms with van der Waals surface area (Å²) in [7, 11) is 0. The normalized spacial score (nSPS) is 21.1. The zero-order chi connectivity index (χ0) is 43.1. The summed E-state index contributed by atoms with van der Waals surface area (Å²) in [5.74, 6) is 5.12. The molecule has 65 heavy (non-hydrogen) atoms. The van der Waals surface area contributed by atoms with E-state index in [1.54, 1.807) is 6.07 Å². The van der Waals surface area contributed by atoms with E-state index >= 15 is 4.39 Å². The summed E-state index contributed by atoms with van der Waals surface area (Å²) in [6, 6.07) is 58.9. The Morgan fingerprint density at radius 3 is 1.23 bits per heavy atom. The summed E-state index contributed by atoms with van der Waals surface area (Å²) < 4.78 is 17.5. The molecule has 4 saturated carbocycles. The Morgan fingerprint density at radius 2 is 0.738 bits per heavy atom. The van der Waals surface area contributed by atoms with Crippen LogP contribution in [0.25, 0.3) is 90.6 Å². The predicted molar refractivity (Wildman–Crippen MR) is 254 cm³/mol. The maximum atomic E-state index is 17.5. The van der Waals surface area contributed by atoms with Gasteiger partial charge in [-0.15, -0.1) is 0 Å². The van der Waals surface area contributed by atoms with Crippen molar-refractivity contribution in [3.05, 3.63) is 193 Å². The van der Waals surface area contributed by atoms with Gasteiger partial charge in [-0.05, 0) is 107 Å². The third kappa shape index (κ3) is 6.20. The lowest BCUT2D eigenvalue weighted by Gasteiger charge is -2.61. The molecule has 2 aromatic heterocycles. The van der Waals surface area contributed by atoms with Crippen molar-refractivity contribution < 1.29 is 4.39 Å². The van der Waals surface area contributed by atoms with Crippen molar-refractivity contribution in [2.75, 3.05) is 0 Å². The van der Waals surface area contributed by atoms with Crippen LogP contribution >= 0.6 is 0 Å². The maximum Gasteiger partial charge on any atom is 0.167 e. The molecule has 4 bridgehead atoms. The highest BCUT2D eigenvalue weighted by Gasteiger charge is 2.61. The maximum absolute atomic E-state index is 17.5. The molecule has 4 fully saturated rings.